The number of ether oxygens (including phenoxy) is 1. The smallest absolute Gasteiger partial charge is 0.352 e. The lowest BCUT2D eigenvalue weighted by Crippen LogP contribution is -2.19. The van der Waals surface area contributed by atoms with Crippen LogP contribution < -0.4 is 0 Å². The van der Waals surface area contributed by atoms with Crippen molar-refractivity contribution in [2.24, 2.45) is 0 Å². The number of hydrogen-bond donors (Lipinski definition) is 1. The van der Waals surface area contributed by atoms with E-state index in [0.717, 1.165) is 9.99 Å². The van der Waals surface area contributed by atoms with Gasteiger partial charge in [-0.1, -0.05) is 0 Å². The Morgan fingerprint density at radius 2 is 2.47 bits per heavy atom. The van der Waals surface area contributed by atoms with E-state index in [1.165, 1.54) is 0 Å². The van der Waals surface area contributed by atoms with Crippen molar-refractivity contribution in [3.63, 3.8) is 0 Å². The fraction of sp³-hybridized carbons (Fsp3) is 0.500. The Hall–Kier alpha value is -0.560. The van der Waals surface area contributed by atoms with Gasteiger partial charge in [-0.15, -0.1) is 0 Å². The van der Waals surface area contributed by atoms with E-state index >= 15 is 0 Å². The van der Waals surface area contributed by atoms with Gasteiger partial charge >= 0.3 is 5.97 Å². The lowest BCUT2D eigenvalue weighted by molar-refractivity contribution is 0.0675. The summed E-state index contributed by atoms with van der Waals surface area (Å²) in [7, 11) is 0. The van der Waals surface area contributed by atoms with Crippen LogP contribution in [0.15, 0.2) is 12.3 Å². The Bertz CT molecular complexity index is 388. The molecular weight excluding hydrogens is 309 g/mol. The van der Waals surface area contributed by atoms with Crippen molar-refractivity contribution < 1.29 is 14.6 Å². The molecule has 82 valence electrons. The van der Waals surface area contributed by atoms with Crippen LogP contribution in [-0.2, 0) is 4.74 Å². The molecule has 1 fully saturated rings. The molecule has 1 N–H and O–H groups in total. The third-order valence-electron chi connectivity index (χ3n) is 2.73. The van der Waals surface area contributed by atoms with Gasteiger partial charge in [0.05, 0.1) is 12.1 Å². The topological polar surface area (TPSA) is 51.5 Å². The fourth-order valence-electron chi connectivity index (χ4n) is 1.98. The first kappa shape index (κ1) is 10.9. The SMILES string of the molecule is CC1OCCC1n1cc(I)cc1C(=O)O. The largest absolute Gasteiger partial charge is 0.477 e. The Balaban J connectivity index is 2.38. The van der Waals surface area contributed by atoms with Crippen LogP contribution in [0.25, 0.3) is 0 Å². The summed E-state index contributed by atoms with van der Waals surface area (Å²) in [5.74, 6) is -0.878. The Morgan fingerprint density at radius 3 is 3.00 bits per heavy atom. The minimum Gasteiger partial charge on any atom is -0.477 e. The molecule has 2 rings (SSSR count). The van der Waals surface area contributed by atoms with E-state index in [2.05, 4.69) is 22.6 Å². The molecule has 0 bridgehead atoms. The molecule has 0 saturated carbocycles. The summed E-state index contributed by atoms with van der Waals surface area (Å²) in [6.45, 7) is 2.69. The van der Waals surface area contributed by atoms with Crippen molar-refractivity contribution in [3.05, 3.63) is 21.5 Å². The van der Waals surface area contributed by atoms with Crippen LogP contribution in [0.5, 0.6) is 0 Å². The Morgan fingerprint density at radius 1 is 1.73 bits per heavy atom. The molecule has 0 spiro atoms. The molecule has 1 saturated heterocycles. The normalized spacial score (nSPS) is 25.7. The summed E-state index contributed by atoms with van der Waals surface area (Å²) in [5.41, 5.74) is 0.349. The average molecular weight is 321 g/mol. The van der Waals surface area contributed by atoms with Crippen molar-refractivity contribution in [2.75, 3.05) is 6.61 Å². The highest BCUT2D eigenvalue weighted by Gasteiger charge is 2.28. The summed E-state index contributed by atoms with van der Waals surface area (Å²) in [4.78, 5) is 11.0. The van der Waals surface area contributed by atoms with Crippen molar-refractivity contribution in [1.29, 1.82) is 0 Å². The number of aromatic nitrogens is 1. The standard InChI is InChI=1S/C10H12INO3/c1-6-8(2-3-15-6)12-5-7(11)4-9(12)10(13)14/h4-6,8H,2-3H2,1H3,(H,13,14). The van der Waals surface area contributed by atoms with Crippen LogP contribution in [0, 0.1) is 3.57 Å². The number of carbonyl (C=O) groups is 1. The summed E-state index contributed by atoms with van der Waals surface area (Å²) < 4.78 is 8.22. The van der Waals surface area contributed by atoms with Crippen LogP contribution in [0.4, 0.5) is 0 Å². The third kappa shape index (κ3) is 2.03. The fourth-order valence-corrected chi connectivity index (χ4v) is 2.57. The van der Waals surface area contributed by atoms with E-state index in [4.69, 9.17) is 9.84 Å². The predicted molar refractivity (Wildman–Crippen MR) is 63.2 cm³/mol. The summed E-state index contributed by atoms with van der Waals surface area (Å²) >= 11 is 2.13. The van der Waals surface area contributed by atoms with Gasteiger partial charge in [0.25, 0.3) is 0 Å². The second kappa shape index (κ2) is 4.13. The van der Waals surface area contributed by atoms with E-state index in [-0.39, 0.29) is 12.1 Å². The van der Waals surface area contributed by atoms with Gasteiger partial charge in [-0.3, -0.25) is 0 Å². The van der Waals surface area contributed by atoms with Crippen LogP contribution in [0.2, 0.25) is 0 Å². The first-order chi connectivity index (χ1) is 7.09. The van der Waals surface area contributed by atoms with Crippen LogP contribution in [0.3, 0.4) is 0 Å². The first-order valence-corrected chi connectivity index (χ1v) is 5.89. The number of carboxylic acid groups (broad SMARTS) is 1. The number of nitrogens with zero attached hydrogens (tertiary/aromatic N) is 1. The first-order valence-electron chi connectivity index (χ1n) is 4.82. The predicted octanol–water partition coefficient (Wildman–Crippen LogP) is 2.14. The number of halogens is 1. The average Bonchev–Trinajstić information content (AvgIpc) is 2.71. The highest BCUT2D eigenvalue weighted by Crippen LogP contribution is 2.28. The molecule has 2 atom stereocenters. The number of rotatable bonds is 2. The molecule has 0 amide bonds. The highest BCUT2D eigenvalue weighted by molar-refractivity contribution is 14.1. The van der Waals surface area contributed by atoms with Crippen LogP contribution >= 0.6 is 22.6 Å². The van der Waals surface area contributed by atoms with Crippen molar-refractivity contribution >= 4 is 28.6 Å². The number of aromatic carboxylic acids is 1. The Kier molecular flexibility index (Phi) is 3.01. The lowest BCUT2D eigenvalue weighted by Gasteiger charge is -2.17. The number of carboxylic acids is 1. The highest BCUT2D eigenvalue weighted by atomic mass is 127. The lowest BCUT2D eigenvalue weighted by atomic mass is 10.1. The second-order valence-electron chi connectivity index (χ2n) is 3.69. The minimum atomic E-state index is -0.878. The molecule has 0 radical (unpaired) electrons. The van der Waals surface area contributed by atoms with Crippen molar-refractivity contribution in [1.82, 2.24) is 4.57 Å². The summed E-state index contributed by atoms with van der Waals surface area (Å²) in [6.07, 6.45) is 2.85. The van der Waals surface area contributed by atoms with Gasteiger partial charge in [0.2, 0.25) is 0 Å². The molecular formula is C10H12INO3. The quantitative estimate of drug-likeness (QED) is 0.849. The Labute approximate surface area is 101 Å². The number of hydrogen-bond acceptors (Lipinski definition) is 2. The molecule has 0 aliphatic carbocycles. The maximum atomic E-state index is 11.0. The molecule has 2 heterocycles. The molecule has 0 aromatic carbocycles. The van der Waals surface area contributed by atoms with Crippen molar-refractivity contribution in [3.8, 4) is 0 Å². The molecule has 1 aliphatic heterocycles. The van der Waals surface area contributed by atoms with Gasteiger partial charge < -0.3 is 14.4 Å². The van der Waals surface area contributed by atoms with Gasteiger partial charge in [-0.05, 0) is 42.0 Å². The molecule has 1 aromatic rings. The molecule has 5 heteroatoms. The molecule has 4 nitrogen and oxygen atoms in total. The third-order valence-corrected chi connectivity index (χ3v) is 3.32. The maximum absolute atomic E-state index is 11.0. The molecule has 2 unspecified atom stereocenters. The monoisotopic (exact) mass is 321 g/mol. The second-order valence-corrected chi connectivity index (χ2v) is 4.93. The van der Waals surface area contributed by atoms with Gasteiger partial charge in [-0.25, -0.2) is 4.79 Å². The zero-order chi connectivity index (χ0) is 11.0. The molecule has 1 aliphatic rings. The van der Waals surface area contributed by atoms with E-state index in [9.17, 15) is 4.79 Å². The maximum Gasteiger partial charge on any atom is 0.352 e. The summed E-state index contributed by atoms with van der Waals surface area (Å²) in [6, 6.07) is 1.84. The van der Waals surface area contributed by atoms with Gasteiger partial charge in [0, 0.05) is 16.4 Å². The summed E-state index contributed by atoms with van der Waals surface area (Å²) in [5, 5.41) is 9.06. The van der Waals surface area contributed by atoms with Crippen LogP contribution in [0.1, 0.15) is 29.9 Å². The van der Waals surface area contributed by atoms with E-state index in [1.54, 1.807) is 6.07 Å². The molecule has 1 aromatic heterocycles. The minimum absolute atomic E-state index is 0.0892. The van der Waals surface area contributed by atoms with E-state index < -0.39 is 5.97 Å². The van der Waals surface area contributed by atoms with Crippen LogP contribution in [-0.4, -0.2) is 28.4 Å². The van der Waals surface area contributed by atoms with E-state index in [0.29, 0.717) is 12.3 Å². The van der Waals surface area contributed by atoms with Gasteiger partial charge in [0.15, 0.2) is 0 Å². The zero-order valence-corrected chi connectivity index (χ0v) is 10.5. The molecule has 15 heavy (non-hydrogen) atoms. The van der Waals surface area contributed by atoms with E-state index in [1.807, 2.05) is 17.7 Å². The van der Waals surface area contributed by atoms with Gasteiger partial charge in [0.1, 0.15) is 5.69 Å². The zero-order valence-electron chi connectivity index (χ0n) is 8.31. The van der Waals surface area contributed by atoms with Crippen molar-refractivity contribution in [2.45, 2.75) is 25.5 Å². The van der Waals surface area contributed by atoms with Gasteiger partial charge in [-0.2, -0.15) is 0 Å².